The number of carbonyl (C=O) groups excluding carboxylic acids is 2. The van der Waals surface area contributed by atoms with Crippen LogP contribution in [0.5, 0.6) is 0 Å². The fourth-order valence-corrected chi connectivity index (χ4v) is 2.79. The SMILES string of the molecule is COC(=O)c1cc(C)sc1NC(=O)c1c(C(=O)O)cnn1C. The number of carboxylic acid groups (broad SMARTS) is 1. The van der Waals surface area contributed by atoms with Gasteiger partial charge in [-0.2, -0.15) is 5.10 Å². The third-order valence-corrected chi connectivity index (χ3v) is 3.84. The van der Waals surface area contributed by atoms with Gasteiger partial charge in [-0.3, -0.25) is 9.48 Å². The zero-order valence-corrected chi connectivity index (χ0v) is 12.9. The average Bonchev–Trinajstić information content (AvgIpc) is 3.01. The highest BCUT2D eigenvalue weighted by Gasteiger charge is 2.24. The van der Waals surface area contributed by atoms with Crippen LogP contribution in [-0.2, 0) is 11.8 Å². The fourth-order valence-electron chi connectivity index (χ4n) is 1.89. The second-order valence-electron chi connectivity index (χ2n) is 4.38. The molecule has 0 radical (unpaired) electrons. The maximum atomic E-state index is 12.3. The van der Waals surface area contributed by atoms with Crippen LogP contribution >= 0.6 is 11.3 Å². The molecule has 0 unspecified atom stereocenters. The summed E-state index contributed by atoms with van der Waals surface area (Å²) < 4.78 is 5.82. The molecular weight excluding hydrogens is 310 g/mol. The molecule has 0 aliphatic rings. The van der Waals surface area contributed by atoms with Crippen molar-refractivity contribution in [1.29, 1.82) is 0 Å². The van der Waals surface area contributed by atoms with Crippen molar-refractivity contribution in [3.8, 4) is 0 Å². The Morgan fingerprint density at radius 1 is 1.36 bits per heavy atom. The molecule has 2 heterocycles. The van der Waals surface area contributed by atoms with Crippen LogP contribution in [0.15, 0.2) is 12.3 Å². The van der Waals surface area contributed by atoms with E-state index in [0.717, 1.165) is 15.8 Å². The first-order valence-electron chi connectivity index (χ1n) is 6.10. The molecule has 22 heavy (non-hydrogen) atoms. The van der Waals surface area contributed by atoms with Gasteiger partial charge in [-0.05, 0) is 13.0 Å². The van der Waals surface area contributed by atoms with Crippen molar-refractivity contribution < 1.29 is 24.2 Å². The van der Waals surface area contributed by atoms with E-state index in [9.17, 15) is 14.4 Å². The summed E-state index contributed by atoms with van der Waals surface area (Å²) in [5.41, 5.74) is -0.0975. The Balaban J connectivity index is 2.36. The Morgan fingerprint density at radius 3 is 2.64 bits per heavy atom. The second kappa shape index (κ2) is 5.98. The van der Waals surface area contributed by atoms with Gasteiger partial charge < -0.3 is 15.2 Å². The van der Waals surface area contributed by atoms with Crippen molar-refractivity contribution in [1.82, 2.24) is 9.78 Å². The van der Waals surface area contributed by atoms with Crippen LogP contribution in [0, 0.1) is 6.92 Å². The molecule has 0 spiro atoms. The maximum absolute atomic E-state index is 12.3. The zero-order valence-electron chi connectivity index (χ0n) is 12.0. The zero-order chi connectivity index (χ0) is 16.4. The van der Waals surface area contributed by atoms with Gasteiger partial charge in [0, 0.05) is 11.9 Å². The van der Waals surface area contributed by atoms with E-state index in [-0.39, 0.29) is 16.8 Å². The van der Waals surface area contributed by atoms with Crippen molar-refractivity contribution in [2.75, 3.05) is 12.4 Å². The van der Waals surface area contributed by atoms with Gasteiger partial charge in [0.25, 0.3) is 5.91 Å². The van der Waals surface area contributed by atoms with Crippen LogP contribution < -0.4 is 5.32 Å². The number of methoxy groups -OCH3 is 1. The Kier molecular flexibility index (Phi) is 4.27. The molecule has 1 amide bonds. The average molecular weight is 323 g/mol. The number of amides is 1. The van der Waals surface area contributed by atoms with Crippen molar-refractivity contribution in [3.05, 3.63) is 34.0 Å². The molecule has 0 aromatic carbocycles. The number of nitrogens with one attached hydrogen (secondary N) is 1. The lowest BCUT2D eigenvalue weighted by Crippen LogP contribution is -2.20. The monoisotopic (exact) mass is 323 g/mol. The molecule has 0 atom stereocenters. The van der Waals surface area contributed by atoms with E-state index < -0.39 is 17.8 Å². The molecule has 9 heteroatoms. The lowest BCUT2D eigenvalue weighted by atomic mass is 10.2. The summed E-state index contributed by atoms with van der Waals surface area (Å²) in [5, 5.41) is 15.7. The number of hydrogen-bond donors (Lipinski definition) is 2. The highest BCUT2D eigenvalue weighted by Crippen LogP contribution is 2.28. The summed E-state index contributed by atoms with van der Waals surface area (Å²) >= 11 is 1.19. The van der Waals surface area contributed by atoms with E-state index in [1.54, 1.807) is 13.0 Å². The first-order chi connectivity index (χ1) is 10.3. The van der Waals surface area contributed by atoms with E-state index in [4.69, 9.17) is 5.11 Å². The Hall–Kier alpha value is -2.68. The number of carbonyl (C=O) groups is 3. The Morgan fingerprint density at radius 2 is 2.05 bits per heavy atom. The number of nitrogens with zero attached hydrogens (tertiary/aromatic N) is 2. The molecule has 2 aromatic rings. The van der Waals surface area contributed by atoms with Crippen molar-refractivity contribution in [3.63, 3.8) is 0 Å². The van der Waals surface area contributed by atoms with Crippen molar-refractivity contribution in [2.24, 2.45) is 7.05 Å². The first-order valence-corrected chi connectivity index (χ1v) is 6.92. The summed E-state index contributed by atoms with van der Waals surface area (Å²) in [6.45, 7) is 1.78. The van der Waals surface area contributed by atoms with Crippen molar-refractivity contribution in [2.45, 2.75) is 6.92 Å². The minimum absolute atomic E-state index is 0.102. The van der Waals surface area contributed by atoms with E-state index in [1.165, 1.54) is 25.5 Å². The largest absolute Gasteiger partial charge is 0.478 e. The molecule has 0 aliphatic heterocycles. The number of carboxylic acids is 1. The molecule has 0 fully saturated rings. The molecule has 0 bridgehead atoms. The summed E-state index contributed by atoms with van der Waals surface area (Å²) in [5.74, 6) is -2.50. The lowest BCUT2D eigenvalue weighted by molar-refractivity contribution is 0.0601. The van der Waals surface area contributed by atoms with Gasteiger partial charge in [0.1, 0.15) is 16.3 Å². The van der Waals surface area contributed by atoms with Crippen LogP contribution in [0.1, 0.15) is 36.1 Å². The molecule has 116 valence electrons. The predicted molar refractivity (Wildman–Crippen MR) is 78.5 cm³/mol. The number of hydrogen-bond acceptors (Lipinski definition) is 6. The number of rotatable bonds is 4. The molecule has 2 N–H and O–H groups in total. The lowest BCUT2D eigenvalue weighted by Gasteiger charge is -2.06. The van der Waals surface area contributed by atoms with Gasteiger partial charge >= 0.3 is 11.9 Å². The van der Waals surface area contributed by atoms with Crippen LogP contribution in [-0.4, -0.2) is 39.8 Å². The van der Waals surface area contributed by atoms with Crippen molar-refractivity contribution >= 4 is 34.2 Å². The number of aromatic nitrogens is 2. The molecular formula is C13H13N3O5S. The van der Waals surface area contributed by atoms with Crippen LogP contribution in [0.2, 0.25) is 0 Å². The molecule has 2 aromatic heterocycles. The van der Waals surface area contributed by atoms with Gasteiger partial charge in [0.05, 0.1) is 18.9 Å². The molecule has 2 rings (SSSR count). The molecule has 0 aliphatic carbocycles. The number of aromatic carboxylic acids is 1. The number of anilines is 1. The third kappa shape index (κ3) is 2.84. The van der Waals surface area contributed by atoms with Crippen LogP contribution in [0.4, 0.5) is 5.00 Å². The smallest absolute Gasteiger partial charge is 0.340 e. The highest BCUT2D eigenvalue weighted by molar-refractivity contribution is 7.16. The first kappa shape index (κ1) is 15.7. The Bertz CT molecular complexity index is 762. The van der Waals surface area contributed by atoms with Crippen LogP contribution in [0.3, 0.4) is 0 Å². The fraction of sp³-hybridized carbons (Fsp3) is 0.231. The minimum Gasteiger partial charge on any atom is -0.478 e. The van der Waals surface area contributed by atoms with Gasteiger partial charge in [0.2, 0.25) is 0 Å². The number of thiophene rings is 1. The van der Waals surface area contributed by atoms with Gasteiger partial charge in [-0.15, -0.1) is 11.3 Å². The minimum atomic E-state index is -1.26. The molecule has 8 nitrogen and oxygen atoms in total. The number of esters is 1. The summed E-state index contributed by atoms with van der Waals surface area (Å²) in [7, 11) is 2.70. The predicted octanol–water partition coefficient (Wildman–Crippen LogP) is 1.53. The topological polar surface area (TPSA) is 111 Å². The summed E-state index contributed by atoms with van der Waals surface area (Å²) in [4.78, 5) is 35.9. The highest BCUT2D eigenvalue weighted by atomic mass is 32.1. The quantitative estimate of drug-likeness (QED) is 0.826. The number of aryl methyl sites for hydroxylation is 2. The normalized spacial score (nSPS) is 10.3. The second-order valence-corrected chi connectivity index (χ2v) is 5.64. The number of ether oxygens (including phenoxy) is 1. The Labute approximate surface area is 129 Å². The molecule has 0 saturated carbocycles. The van der Waals surface area contributed by atoms with E-state index in [1.807, 2.05) is 0 Å². The standard InChI is InChI=1S/C13H13N3O5S/c1-6-4-7(13(20)21-3)11(22-6)15-10(17)9-8(12(18)19)5-14-16(9)2/h4-5H,1-3H3,(H,15,17)(H,18,19). The summed E-state index contributed by atoms with van der Waals surface area (Å²) in [6, 6.07) is 1.59. The van der Waals surface area contributed by atoms with E-state index >= 15 is 0 Å². The van der Waals surface area contributed by atoms with E-state index in [2.05, 4.69) is 15.2 Å². The van der Waals surface area contributed by atoms with Gasteiger partial charge in [-0.1, -0.05) is 0 Å². The maximum Gasteiger partial charge on any atom is 0.340 e. The summed E-state index contributed by atoms with van der Waals surface area (Å²) in [6.07, 6.45) is 1.10. The van der Waals surface area contributed by atoms with E-state index in [0.29, 0.717) is 5.00 Å². The third-order valence-electron chi connectivity index (χ3n) is 2.87. The van der Waals surface area contributed by atoms with Crippen LogP contribution in [0.25, 0.3) is 0 Å². The van der Waals surface area contributed by atoms with Gasteiger partial charge in [0.15, 0.2) is 0 Å². The molecule has 0 saturated heterocycles. The van der Waals surface area contributed by atoms with Gasteiger partial charge in [-0.25, -0.2) is 9.59 Å².